The summed E-state index contributed by atoms with van der Waals surface area (Å²) in [5, 5.41) is 6.49. The van der Waals surface area contributed by atoms with E-state index in [1.165, 1.54) is 6.08 Å². The maximum atomic E-state index is 12.7. The van der Waals surface area contributed by atoms with Crippen molar-refractivity contribution < 1.29 is 9.59 Å². The molecule has 0 bridgehead atoms. The van der Waals surface area contributed by atoms with Gasteiger partial charge in [-0.3, -0.25) is 9.59 Å². The molecule has 0 spiro atoms. The number of halogens is 1. The van der Waals surface area contributed by atoms with E-state index in [1.54, 1.807) is 24.3 Å². The average Bonchev–Trinajstić information content (AvgIpc) is 2.76. The third kappa shape index (κ3) is 6.33. The summed E-state index contributed by atoms with van der Waals surface area (Å²) in [5.74, 6) is -0.612. The molecule has 0 saturated heterocycles. The Morgan fingerprint density at radius 1 is 0.724 bits per heavy atom. The van der Waals surface area contributed by atoms with Gasteiger partial charge in [0.2, 0.25) is 0 Å². The average molecular weight is 405 g/mol. The second kappa shape index (κ2) is 10.2. The molecular weight excluding hydrogens is 384 g/mol. The molecule has 3 aromatic rings. The molecule has 3 rings (SSSR count). The van der Waals surface area contributed by atoms with E-state index in [4.69, 9.17) is 11.6 Å². The van der Waals surface area contributed by atoms with Crippen LogP contribution >= 0.6 is 11.6 Å². The molecule has 0 unspecified atom stereocenters. The van der Waals surface area contributed by atoms with Crippen LogP contribution in [-0.2, 0) is 17.9 Å². The second-order valence-corrected chi connectivity index (χ2v) is 6.87. The highest BCUT2D eigenvalue weighted by Gasteiger charge is 2.13. The number of nitrogens with one attached hydrogen (secondary N) is 2. The van der Waals surface area contributed by atoms with Gasteiger partial charge in [0.05, 0.1) is 0 Å². The minimum absolute atomic E-state index is 0.213. The summed E-state index contributed by atoms with van der Waals surface area (Å²) >= 11 is 5.89. The topological polar surface area (TPSA) is 58.2 Å². The van der Waals surface area contributed by atoms with E-state index in [2.05, 4.69) is 10.6 Å². The first-order valence-electron chi connectivity index (χ1n) is 9.23. The van der Waals surface area contributed by atoms with Crippen molar-refractivity contribution in [1.82, 2.24) is 10.6 Å². The molecular formula is C24H21ClN2O2. The Hall–Kier alpha value is -3.37. The number of ketones is 1. The Labute approximate surface area is 175 Å². The van der Waals surface area contributed by atoms with Crippen molar-refractivity contribution in [3.63, 3.8) is 0 Å². The summed E-state index contributed by atoms with van der Waals surface area (Å²) < 4.78 is 0. The molecule has 29 heavy (non-hydrogen) atoms. The van der Waals surface area contributed by atoms with Crippen molar-refractivity contribution in [2.45, 2.75) is 13.1 Å². The second-order valence-electron chi connectivity index (χ2n) is 6.44. The zero-order valence-corrected chi connectivity index (χ0v) is 16.5. The molecule has 0 fully saturated rings. The van der Waals surface area contributed by atoms with Crippen LogP contribution in [0.5, 0.6) is 0 Å². The molecule has 0 saturated carbocycles. The summed E-state index contributed by atoms with van der Waals surface area (Å²) in [6, 6.07) is 25.9. The fourth-order valence-electron chi connectivity index (χ4n) is 2.69. The first-order valence-corrected chi connectivity index (χ1v) is 9.61. The molecule has 0 heterocycles. The summed E-state index contributed by atoms with van der Waals surface area (Å²) in [6.07, 6.45) is 1.33. The number of carbonyl (C=O) groups is 2. The highest BCUT2D eigenvalue weighted by molar-refractivity contribution is 6.30. The minimum Gasteiger partial charge on any atom is -0.376 e. The van der Waals surface area contributed by atoms with Crippen LogP contribution in [0.1, 0.15) is 21.5 Å². The van der Waals surface area contributed by atoms with Crippen molar-refractivity contribution >= 4 is 23.3 Å². The van der Waals surface area contributed by atoms with Gasteiger partial charge in [0, 0.05) is 29.8 Å². The molecule has 3 aromatic carbocycles. The minimum atomic E-state index is -0.341. The van der Waals surface area contributed by atoms with Crippen molar-refractivity contribution in [2.24, 2.45) is 0 Å². The van der Waals surface area contributed by atoms with Crippen LogP contribution in [0.4, 0.5) is 0 Å². The van der Waals surface area contributed by atoms with Gasteiger partial charge in [-0.15, -0.1) is 0 Å². The zero-order valence-electron chi connectivity index (χ0n) is 15.8. The van der Waals surface area contributed by atoms with Gasteiger partial charge in [-0.25, -0.2) is 0 Å². The van der Waals surface area contributed by atoms with Gasteiger partial charge in [-0.05, 0) is 35.4 Å². The number of carbonyl (C=O) groups excluding carboxylic acids is 2. The van der Waals surface area contributed by atoms with Gasteiger partial charge in [-0.1, -0.05) is 72.3 Å². The molecule has 0 aliphatic rings. The SMILES string of the molecule is O=C(NCc1ccccc1)C(=CC(=O)c1ccc(Cl)cc1)NCc1ccccc1. The van der Waals surface area contributed by atoms with Gasteiger partial charge >= 0.3 is 0 Å². The number of hydrogen-bond acceptors (Lipinski definition) is 3. The third-order valence-corrected chi connectivity index (χ3v) is 4.52. The maximum absolute atomic E-state index is 12.7. The van der Waals surface area contributed by atoms with Gasteiger partial charge in [0.25, 0.3) is 5.91 Å². The highest BCUT2D eigenvalue weighted by atomic mass is 35.5. The standard InChI is InChI=1S/C24H21ClN2O2/c25-21-13-11-20(12-14-21)23(28)15-22(26-16-18-7-3-1-4-8-18)24(29)27-17-19-9-5-2-6-10-19/h1-15,26H,16-17H2,(H,27,29). The summed E-state index contributed by atoms with van der Waals surface area (Å²) in [4.78, 5) is 25.4. The number of allylic oxidation sites excluding steroid dienone is 1. The Kier molecular flexibility index (Phi) is 7.20. The monoisotopic (exact) mass is 404 g/mol. The summed E-state index contributed by atoms with van der Waals surface area (Å²) in [7, 11) is 0. The molecule has 0 aromatic heterocycles. The largest absolute Gasteiger partial charge is 0.376 e. The van der Waals surface area contributed by atoms with E-state index in [9.17, 15) is 9.59 Å². The Morgan fingerprint density at radius 2 is 1.24 bits per heavy atom. The van der Waals surface area contributed by atoms with Gasteiger partial charge in [-0.2, -0.15) is 0 Å². The fraction of sp³-hybridized carbons (Fsp3) is 0.0833. The van der Waals surface area contributed by atoms with Crippen LogP contribution in [-0.4, -0.2) is 11.7 Å². The molecule has 4 nitrogen and oxygen atoms in total. The van der Waals surface area contributed by atoms with E-state index in [0.29, 0.717) is 23.7 Å². The van der Waals surface area contributed by atoms with E-state index < -0.39 is 0 Å². The quantitative estimate of drug-likeness (QED) is 0.429. The predicted molar refractivity (Wildman–Crippen MR) is 115 cm³/mol. The van der Waals surface area contributed by atoms with Crippen LogP contribution in [0.25, 0.3) is 0 Å². The number of benzene rings is 3. The third-order valence-electron chi connectivity index (χ3n) is 4.27. The van der Waals surface area contributed by atoms with Crippen LogP contribution in [0.3, 0.4) is 0 Å². The first kappa shape index (κ1) is 20.4. The van der Waals surface area contributed by atoms with Crippen molar-refractivity contribution in [3.05, 3.63) is 118 Å². The van der Waals surface area contributed by atoms with E-state index in [1.807, 2.05) is 60.7 Å². The molecule has 1 amide bonds. The summed E-state index contributed by atoms with van der Waals surface area (Å²) in [6.45, 7) is 0.804. The van der Waals surface area contributed by atoms with Gasteiger partial charge in [0.15, 0.2) is 5.78 Å². The number of hydrogen-bond donors (Lipinski definition) is 2. The van der Waals surface area contributed by atoms with Gasteiger partial charge in [0.1, 0.15) is 5.70 Å². The lowest BCUT2D eigenvalue weighted by atomic mass is 10.1. The highest BCUT2D eigenvalue weighted by Crippen LogP contribution is 2.11. The normalized spacial score (nSPS) is 11.0. The zero-order chi connectivity index (χ0) is 20.5. The van der Waals surface area contributed by atoms with Crippen LogP contribution in [0, 0.1) is 0 Å². The van der Waals surface area contributed by atoms with Gasteiger partial charge < -0.3 is 10.6 Å². The van der Waals surface area contributed by atoms with E-state index >= 15 is 0 Å². The number of amides is 1. The van der Waals surface area contributed by atoms with Crippen LogP contribution < -0.4 is 10.6 Å². The Balaban J connectivity index is 1.75. The molecule has 0 radical (unpaired) electrons. The maximum Gasteiger partial charge on any atom is 0.267 e. The molecule has 0 atom stereocenters. The first-order chi connectivity index (χ1) is 14.1. The van der Waals surface area contributed by atoms with Crippen LogP contribution in [0.2, 0.25) is 5.02 Å². The lowest BCUT2D eigenvalue weighted by Crippen LogP contribution is -2.32. The fourth-order valence-corrected chi connectivity index (χ4v) is 2.82. The smallest absolute Gasteiger partial charge is 0.267 e. The predicted octanol–water partition coefficient (Wildman–Crippen LogP) is 4.51. The lowest BCUT2D eigenvalue weighted by molar-refractivity contribution is -0.118. The Morgan fingerprint density at radius 3 is 1.79 bits per heavy atom. The molecule has 5 heteroatoms. The molecule has 0 aliphatic heterocycles. The van der Waals surface area contributed by atoms with Crippen LogP contribution in [0.15, 0.2) is 96.7 Å². The molecule has 0 aliphatic carbocycles. The molecule has 146 valence electrons. The van der Waals surface area contributed by atoms with Crippen molar-refractivity contribution in [2.75, 3.05) is 0 Å². The van der Waals surface area contributed by atoms with Crippen molar-refractivity contribution in [1.29, 1.82) is 0 Å². The summed E-state index contributed by atoms with van der Waals surface area (Å²) in [5.41, 5.74) is 2.66. The Bertz CT molecular complexity index is 984. The number of rotatable bonds is 8. The van der Waals surface area contributed by atoms with E-state index in [-0.39, 0.29) is 17.4 Å². The van der Waals surface area contributed by atoms with Crippen molar-refractivity contribution in [3.8, 4) is 0 Å². The van der Waals surface area contributed by atoms with E-state index in [0.717, 1.165) is 11.1 Å². The lowest BCUT2D eigenvalue weighted by Gasteiger charge is -2.12. The molecule has 2 N–H and O–H groups in total.